The second-order valence-corrected chi connectivity index (χ2v) is 4.71. The summed E-state index contributed by atoms with van der Waals surface area (Å²) in [5.74, 6) is 0.867. The van der Waals surface area contributed by atoms with E-state index in [1.807, 2.05) is 18.9 Å². The molecule has 1 N–H and O–H groups in total. The van der Waals surface area contributed by atoms with Gasteiger partial charge in [0.1, 0.15) is 0 Å². The first-order valence-electron chi connectivity index (χ1n) is 6.11. The van der Waals surface area contributed by atoms with Gasteiger partial charge in [0, 0.05) is 32.7 Å². The molecule has 1 fully saturated rings. The minimum absolute atomic E-state index is 0. The Balaban J connectivity index is 0.00000256. The van der Waals surface area contributed by atoms with Crippen LogP contribution in [0.5, 0.6) is 0 Å². The van der Waals surface area contributed by atoms with E-state index in [0.717, 1.165) is 32.7 Å². The standard InChI is InChI=1S/C12H24N2O2.ClH/c1-10(7-13-2)12(15)14-6-4-5-11(8-14)9-16-3;/h10-11,13H,4-9H2,1-3H3;1H. The molecular weight excluding hydrogens is 240 g/mol. The lowest BCUT2D eigenvalue weighted by atomic mass is 9.97. The quantitative estimate of drug-likeness (QED) is 0.810. The highest BCUT2D eigenvalue weighted by atomic mass is 35.5. The summed E-state index contributed by atoms with van der Waals surface area (Å²) in [5, 5.41) is 3.05. The van der Waals surface area contributed by atoms with Crippen LogP contribution < -0.4 is 5.32 Å². The number of amides is 1. The first-order valence-corrected chi connectivity index (χ1v) is 6.11. The van der Waals surface area contributed by atoms with Gasteiger partial charge in [-0.25, -0.2) is 0 Å². The lowest BCUT2D eigenvalue weighted by Gasteiger charge is -2.34. The fourth-order valence-corrected chi connectivity index (χ4v) is 2.34. The monoisotopic (exact) mass is 264 g/mol. The van der Waals surface area contributed by atoms with Crippen molar-refractivity contribution in [2.45, 2.75) is 19.8 Å². The predicted molar refractivity (Wildman–Crippen MR) is 71.5 cm³/mol. The first kappa shape index (κ1) is 16.7. The van der Waals surface area contributed by atoms with Crippen molar-refractivity contribution in [1.29, 1.82) is 0 Å². The Morgan fingerprint density at radius 1 is 1.59 bits per heavy atom. The van der Waals surface area contributed by atoms with Crippen LogP contribution in [0.4, 0.5) is 0 Å². The number of hydrogen-bond acceptors (Lipinski definition) is 3. The lowest BCUT2D eigenvalue weighted by Crippen LogP contribution is -2.45. The summed E-state index contributed by atoms with van der Waals surface area (Å²) < 4.78 is 5.17. The van der Waals surface area contributed by atoms with Gasteiger partial charge < -0.3 is 15.0 Å². The van der Waals surface area contributed by atoms with Crippen LogP contribution in [0.25, 0.3) is 0 Å². The third kappa shape index (κ3) is 5.23. The number of likely N-dealkylation sites (tertiary alicyclic amines) is 1. The highest BCUT2D eigenvalue weighted by molar-refractivity contribution is 5.85. The summed E-state index contributed by atoms with van der Waals surface area (Å²) in [6, 6.07) is 0. The molecule has 0 aliphatic carbocycles. The van der Waals surface area contributed by atoms with Crippen LogP contribution in [0.15, 0.2) is 0 Å². The number of hydrogen-bond donors (Lipinski definition) is 1. The molecule has 0 aromatic rings. The fraction of sp³-hybridized carbons (Fsp3) is 0.917. The zero-order chi connectivity index (χ0) is 12.0. The van der Waals surface area contributed by atoms with Crippen LogP contribution in [0.1, 0.15) is 19.8 Å². The molecule has 4 nitrogen and oxygen atoms in total. The van der Waals surface area contributed by atoms with E-state index in [1.54, 1.807) is 7.11 Å². The van der Waals surface area contributed by atoms with Gasteiger partial charge in [-0.3, -0.25) is 4.79 Å². The third-order valence-corrected chi connectivity index (χ3v) is 3.16. The number of halogens is 1. The molecule has 1 rings (SSSR count). The van der Waals surface area contributed by atoms with Gasteiger partial charge in [-0.1, -0.05) is 6.92 Å². The van der Waals surface area contributed by atoms with Crippen LogP contribution in [-0.4, -0.2) is 51.2 Å². The van der Waals surface area contributed by atoms with E-state index in [9.17, 15) is 4.79 Å². The molecule has 5 heteroatoms. The van der Waals surface area contributed by atoms with Crippen molar-refractivity contribution in [3.05, 3.63) is 0 Å². The number of rotatable bonds is 5. The second-order valence-electron chi connectivity index (χ2n) is 4.71. The van der Waals surface area contributed by atoms with E-state index in [2.05, 4.69) is 5.32 Å². The minimum Gasteiger partial charge on any atom is -0.384 e. The molecule has 1 heterocycles. The highest BCUT2D eigenvalue weighted by Crippen LogP contribution is 2.18. The predicted octanol–water partition coefficient (Wildman–Crippen LogP) is 1.15. The molecule has 0 aromatic carbocycles. The maximum atomic E-state index is 12.1. The summed E-state index contributed by atoms with van der Waals surface area (Å²) in [7, 11) is 3.61. The van der Waals surface area contributed by atoms with Crippen LogP contribution in [0.3, 0.4) is 0 Å². The third-order valence-electron chi connectivity index (χ3n) is 3.16. The molecule has 0 saturated carbocycles. The number of piperidine rings is 1. The zero-order valence-electron chi connectivity index (χ0n) is 11.1. The van der Waals surface area contributed by atoms with Gasteiger partial charge in [0.25, 0.3) is 0 Å². The molecule has 0 bridgehead atoms. The average molecular weight is 265 g/mol. The number of carbonyl (C=O) groups excluding carboxylic acids is 1. The van der Waals surface area contributed by atoms with Crippen molar-refractivity contribution in [2.24, 2.45) is 11.8 Å². The molecule has 0 spiro atoms. The van der Waals surface area contributed by atoms with Gasteiger partial charge in [0.15, 0.2) is 0 Å². The van der Waals surface area contributed by atoms with E-state index in [1.165, 1.54) is 6.42 Å². The Labute approximate surface area is 110 Å². The van der Waals surface area contributed by atoms with Gasteiger partial charge in [0.05, 0.1) is 6.61 Å². The van der Waals surface area contributed by atoms with E-state index < -0.39 is 0 Å². The van der Waals surface area contributed by atoms with Gasteiger partial charge in [-0.15, -0.1) is 12.4 Å². The fourth-order valence-electron chi connectivity index (χ4n) is 2.34. The largest absolute Gasteiger partial charge is 0.384 e. The maximum Gasteiger partial charge on any atom is 0.226 e. The smallest absolute Gasteiger partial charge is 0.226 e. The number of nitrogens with one attached hydrogen (secondary N) is 1. The van der Waals surface area contributed by atoms with Gasteiger partial charge in [-0.2, -0.15) is 0 Å². The molecule has 1 aliphatic heterocycles. The second kappa shape index (κ2) is 8.72. The Bertz CT molecular complexity index is 225. The van der Waals surface area contributed by atoms with Crippen LogP contribution in [0, 0.1) is 11.8 Å². The van der Waals surface area contributed by atoms with Crippen molar-refractivity contribution in [3.8, 4) is 0 Å². The van der Waals surface area contributed by atoms with Crippen LogP contribution in [-0.2, 0) is 9.53 Å². The van der Waals surface area contributed by atoms with Crippen molar-refractivity contribution in [1.82, 2.24) is 10.2 Å². The van der Waals surface area contributed by atoms with E-state index in [-0.39, 0.29) is 24.2 Å². The van der Waals surface area contributed by atoms with Gasteiger partial charge in [0.2, 0.25) is 5.91 Å². The summed E-state index contributed by atoms with van der Waals surface area (Å²) >= 11 is 0. The Morgan fingerprint density at radius 2 is 2.29 bits per heavy atom. The number of ether oxygens (including phenoxy) is 1. The molecule has 0 radical (unpaired) electrons. The van der Waals surface area contributed by atoms with Crippen molar-refractivity contribution in [2.75, 3.05) is 40.4 Å². The summed E-state index contributed by atoms with van der Waals surface area (Å²) in [5.41, 5.74) is 0. The summed E-state index contributed by atoms with van der Waals surface area (Å²) in [6.45, 7) is 5.28. The van der Waals surface area contributed by atoms with Gasteiger partial charge >= 0.3 is 0 Å². The van der Waals surface area contributed by atoms with E-state index in [0.29, 0.717) is 5.92 Å². The van der Waals surface area contributed by atoms with Crippen LogP contribution >= 0.6 is 12.4 Å². The first-order chi connectivity index (χ1) is 7.69. The Kier molecular flexibility index (Phi) is 8.56. The molecule has 2 atom stereocenters. The SMILES string of the molecule is CNCC(C)C(=O)N1CCCC(COC)C1.Cl. The Morgan fingerprint density at radius 3 is 2.88 bits per heavy atom. The molecule has 17 heavy (non-hydrogen) atoms. The Hall–Kier alpha value is -0.320. The lowest BCUT2D eigenvalue weighted by molar-refractivity contribution is -0.137. The molecule has 1 saturated heterocycles. The number of methoxy groups -OCH3 is 1. The van der Waals surface area contributed by atoms with E-state index >= 15 is 0 Å². The molecular formula is C12H25ClN2O2. The maximum absolute atomic E-state index is 12.1. The highest BCUT2D eigenvalue weighted by Gasteiger charge is 2.26. The zero-order valence-corrected chi connectivity index (χ0v) is 11.9. The topological polar surface area (TPSA) is 41.6 Å². The number of nitrogens with zero attached hydrogens (tertiary/aromatic N) is 1. The van der Waals surface area contributed by atoms with Crippen LogP contribution in [0.2, 0.25) is 0 Å². The van der Waals surface area contributed by atoms with Crippen molar-refractivity contribution < 1.29 is 9.53 Å². The minimum atomic E-state index is 0. The molecule has 1 amide bonds. The average Bonchev–Trinajstić information content (AvgIpc) is 2.29. The van der Waals surface area contributed by atoms with Gasteiger partial charge in [-0.05, 0) is 25.8 Å². The van der Waals surface area contributed by atoms with Crippen molar-refractivity contribution in [3.63, 3.8) is 0 Å². The van der Waals surface area contributed by atoms with Crippen molar-refractivity contribution >= 4 is 18.3 Å². The molecule has 102 valence electrons. The normalized spacial score (nSPS) is 21.8. The summed E-state index contributed by atoms with van der Waals surface area (Å²) in [6.07, 6.45) is 2.28. The summed E-state index contributed by atoms with van der Waals surface area (Å²) in [4.78, 5) is 14.1. The molecule has 1 aliphatic rings. The molecule has 2 unspecified atom stereocenters. The van der Waals surface area contributed by atoms with E-state index in [4.69, 9.17) is 4.74 Å². The number of carbonyl (C=O) groups is 1. The molecule has 0 aromatic heterocycles.